The number of hydrogen-bond acceptors (Lipinski definition) is 4. The monoisotopic (exact) mass is 366 g/mol. The van der Waals surface area contributed by atoms with Gasteiger partial charge in [-0.1, -0.05) is 72.8 Å². The van der Waals surface area contributed by atoms with Gasteiger partial charge in [-0.2, -0.15) is 0 Å². The highest BCUT2D eigenvalue weighted by molar-refractivity contribution is 5.42. The predicted molar refractivity (Wildman–Crippen MR) is 113 cm³/mol. The zero-order valence-corrected chi connectivity index (χ0v) is 15.7. The molecule has 0 saturated heterocycles. The number of rotatable bonds is 8. The normalized spacial score (nSPS) is 10.0. The Hall–Kier alpha value is -3.58. The number of nitrogens with zero attached hydrogens (tertiary/aromatic N) is 2. The molecule has 138 valence electrons. The first-order valence-corrected chi connectivity index (χ1v) is 9.18. The van der Waals surface area contributed by atoms with Crippen molar-refractivity contribution in [3.8, 4) is 0 Å². The molecule has 4 nitrogen and oxygen atoms in total. The first-order chi connectivity index (χ1) is 13.8. The molecule has 3 aromatic carbocycles. The van der Waals surface area contributed by atoms with Gasteiger partial charge in [0, 0.05) is 0 Å². The van der Waals surface area contributed by atoms with Crippen molar-refractivity contribution < 1.29 is 0 Å². The second-order valence-electron chi connectivity index (χ2n) is 6.52. The molecular formula is C24H22N4. The van der Waals surface area contributed by atoms with Gasteiger partial charge in [-0.25, -0.2) is 20.8 Å². The number of aliphatic imine (C=N–C) groups is 2. The zero-order valence-electron chi connectivity index (χ0n) is 15.7. The lowest BCUT2D eigenvalue weighted by Gasteiger charge is -2.14. The van der Waals surface area contributed by atoms with Crippen LogP contribution in [0.5, 0.6) is 0 Å². The Kier molecular flexibility index (Phi) is 6.81. The van der Waals surface area contributed by atoms with E-state index in [9.17, 15) is 0 Å². The molecule has 3 rings (SSSR count). The topological polar surface area (TPSA) is 72.4 Å². The molecule has 0 saturated carbocycles. The summed E-state index contributed by atoms with van der Waals surface area (Å²) in [6, 6.07) is 29.2. The maximum Gasteiger partial charge on any atom is 0.0865 e. The minimum atomic E-state index is 0.478. The van der Waals surface area contributed by atoms with Gasteiger partial charge in [-0.05, 0) is 46.2 Å². The molecule has 0 aliphatic carbocycles. The molecule has 0 amide bonds. The van der Waals surface area contributed by atoms with Gasteiger partial charge in [0.2, 0.25) is 0 Å². The van der Waals surface area contributed by atoms with Crippen LogP contribution in [0.4, 0.5) is 0 Å². The lowest BCUT2D eigenvalue weighted by atomic mass is 9.92. The lowest BCUT2D eigenvalue weighted by Crippen LogP contribution is -2.01. The average Bonchev–Trinajstić information content (AvgIpc) is 2.74. The van der Waals surface area contributed by atoms with Crippen LogP contribution in [-0.2, 0) is 25.9 Å². The SMILES string of the molecule is N=C=NCc1ccccc1Cc1ccccc1Cc1ccccc1CN=C=N. The van der Waals surface area contributed by atoms with Gasteiger partial charge in [-0.3, -0.25) is 0 Å². The van der Waals surface area contributed by atoms with Crippen LogP contribution in [0.3, 0.4) is 0 Å². The van der Waals surface area contributed by atoms with Crippen LogP contribution in [0.15, 0.2) is 82.8 Å². The third kappa shape index (κ3) is 4.99. The van der Waals surface area contributed by atoms with Crippen molar-refractivity contribution in [2.75, 3.05) is 0 Å². The van der Waals surface area contributed by atoms with Gasteiger partial charge in [0.1, 0.15) is 0 Å². The van der Waals surface area contributed by atoms with Crippen LogP contribution in [-0.4, -0.2) is 12.0 Å². The molecule has 28 heavy (non-hydrogen) atoms. The van der Waals surface area contributed by atoms with Crippen molar-refractivity contribution in [2.24, 2.45) is 9.98 Å². The van der Waals surface area contributed by atoms with Gasteiger partial charge in [0.25, 0.3) is 0 Å². The first kappa shape index (κ1) is 19.2. The molecule has 0 unspecified atom stereocenters. The van der Waals surface area contributed by atoms with E-state index in [0.717, 1.165) is 24.0 Å². The molecule has 0 aliphatic heterocycles. The maximum atomic E-state index is 7.03. The summed E-state index contributed by atoms with van der Waals surface area (Å²) in [5.41, 5.74) is 7.24. The quantitative estimate of drug-likeness (QED) is 0.503. The Morgan fingerprint density at radius 3 is 1.11 bits per heavy atom. The van der Waals surface area contributed by atoms with E-state index in [4.69, 9.17) is 10.8 Å². The first-order valence-electron chi connectivity index (χ1n) is 9.18. The lowest BCUT2D eigenvalue weighted by molar-refractivity contribution is 0.993. The summed E-state index contributed by atoms with van der Waals surface area (Å²) in [5.74, 6) is 0. The third-order valence-electron chi connectivity index (χ3n) is 4.77. The molecule has 0 heterocycles. The van der Waals surface area contributed by atoms with E-state index in [1.807, 2.05) is 24.3 Å². The number of nitrogens with one attached hydrogen (secondary N) is 2. The molecule has 0 radical (unpaired) electrons. The number of hydrogen-bond donors (Lipinski definition) is 2. The fraction of sp³-hybridized carbons (Fsp3) is 0.167. The van der Waals surface area contributed by atoms with Gasteiger partial charge in [0.15, 0.2) is 0 Å². The molecule has 0 aromatic heterocycles. The molecule has 4 heteroatoms. The summed E-state index contributed by atoms with van der Waals surface area (Å²) >= 11 is 0. The van der Waals surface area contributed by atoms with Gasteiger partial charge in [-0.15, -0.1) is 0 Å². The van der Waals surface area contributed by atoms with E-state index in [1.54, 1.807) is 0 Å². The van der Waals surface area contributed by atoms with E-state index in [2.05, 4.69) is 70.5 Å². The Balaban J connectivity index is 1.89. The average molecular weight is 366 g/mol. The molecular weight excluding hydrogens is 344 g/mol. The summed E-state index contributed by atoms with van der Waals surface area (Å²) < 4.78 is 0. The molecule has 2 N–H and O–H groups in total. The van der Waals surface area contributed by atoms with E-state index < -0.39 is 0 Å². The molecule has 0 bridgehead atoms. The Bertz CT molecular complexity index is 957. The van der Waals surface area contributed by atoms with Gasteiger partial charge < -0.3 is 0 Å². The van der Waals surface area contributed by atoms with Gasteiger partial charge >= 0.3 is 0 Å². The van der Waals surface area contributed by atoms with E-state index >= 15 is 0 Å². The zero-order chi connectivity index (χ0) is 19.6. The highest BCUT2D eigenvalue weighted by Gasteiger charge is 2.09. The van der Waals surface area contributed by atoms with Crippen molar-refractivity contribution in [1.82, 2.24) is 0 Å². The van der Waals surface area contributed by atoms with Crippen LogP contribution in [0, 0.1) is 10.8 Å². The summed E-state index contributed by atoms with van der Waals surface area (Å²) in [5, 5.41) is 14.1. The van der Waals surface area contributed by atoms with Crippen molar-refractivity contribution in [3.05, 3.63) is 106 Å². The minimum Gasteiger partial charge on any atom is -0.242 e. The standard InChI is InChI=1S/C24H22N4/c25-17-27-15-23-11-5-3-9-21(23)13-19-7-1-2-8-20(19)14-22-10-4-6-12-24(22)16-28-18-26/h1-12,25-26H,13-16H2. The van der Waals surface area contributed by atoms with Crippen molar-refractivity contribution in [3.63, 3.8) is 0 Å². The van der Waals surface area contributed by atoms with E-state index in [1.165, 1.54) is 22.3 Å². The Labute approximate surface area is 165 Å². The van der Waals surface area contributed by atoms with Crippen LogP contribution < -0.4 is 0 Å². The van der Waals surface area contributed by atoms with Gasteiger partial charge in [0.05, 0.1) is 25.1 Å². The van der Waals surface area contributed by atoms with Crippen molar-refractivity contribution >= 4 is 12.0 Å². The summed E-state index contributed by atoms with van der Waals surface area (Å²) in [6.07, 6.45) is 1.64. The molecule has 0 atom stereocenters. The summed E-state index contributed by atoms with van der Waals surface area (Å²) in [6.45, 7) is 0.957. The number of benzene rings is 3. The van der Waals surface area contributed by atoms with Crippen LogP contribution >= 0.6 is 0 Å². The second kappa shape index (κ2) is 9.94. The smallest absolute Gasteiger partial charge is 0.0865 e. The second-order valence-corrected chi connectivity index (χ2v) is 6.52. The third-order valence-corrected chi connectivity index (χ3v) is 4.77. The summed E-state index contributed by atoms with van der Waals surface area (Å²) in [4.78, 5) is 7.92. The van der Waals surface area contributed by atoms with Crippen LogP contribution in [0.1, 0.15) is 33.4 Å². The molecule has 0 aliphatic rings. The van der Waals surface area contributed by atoms with E-state index in [0.29, 0.717) is 13.1 Å². The Morgan fingerprint density at radius 1 is 0.500 bits per heavy atom. The fourth-order valence-corrected chi connectivity index (χ4v) is 3.33. The van der Waals surface area contributed by atoms with Crippen LogP contribution in [0.2, 0.25) is 0 Å². The van der Waals surface area contributed by atoms with E-state index in [-0.39, 0.29) is 0 Å². The van der Waals surface area contributed by atoms with Crippen molar-refractivity contribution in [2.45, 2.75) is 25.9 Å². The molecule has 3 aromatic rings. The predicted octanol–water partition coefficient (Wildman–Crippen LogP) is 5.37. The summed E-state index contributed by atoms with van der Waals surface area (Å²) in [7, 11) is 0. The minimum absolute atomic E-state index is 0.478. The highest BCUT2D eigenvalue weighted by atomic mass is 14.7. The molecule has 0 fully saturated rings. The molecule has 0 spiro atoms. The highest BCUT2D eigenvalue weighted by Crippen LogP contribution is 2.22. The maximum absolute atomic E-state index is 7.03. The van der Waals surface area contributed by atoms with Crippen LogP contribution in [0.25, 0.3) is 0 Å². The van der Waals surface area contributed by atoms with Crippen molar-refractivity contribution in [1.29, 1.82) is 10.8 Å². The largest absolute Gasteiger partial charge is 0.242 e. The fourth-order valence-electron chi connectivity index (χ4n) is 3.33. The Morgan fingerprint density at radius 2 is 0.786 bits per heavy atom.